The summed E-state index contributed by atoms with van der Waals surface area (Å²) in [5.41, 5.74) is 1.20. The second-order valence-corrected chi connectivity index (χ2v) is 4.87. The molecule has 0 fully saturated rings. The molecule has 2 rings (SSSR count). The number of hydrogen-bond acceptors (Lipinski definition) is 2. The van der Waals surface area contributed by atoms with Crippen molar-refractivity contribution in [2.45, 2.75) is 20.3 Å². The molecule has 0 saturated carbocycles. The van der Waals surface area contributed by atoms with Crippen molar-refractivity contribution >= 4 is 22.4 Å². The zero-order chi connectivity index (χ0) is 13.7. The van der Waals surface area contributed by atoms with E-state index in [0.29, 0.717) is 12.5 Å². The van der Waals surface area contributed by atoms with Gasteiger partial charge in [0, 0.05) is 10.8 Å². The van der Waals surface area contributed by atoms with E-state index in [1.807, 2.05) is 12.1 Å². The first-order valence-corrected chi connectivity index (χ1v) is 7.14. The SMILES string of the molecule is CCCOc1ccc(OCCCl)c2cc(C)ccc12. The van der Waals surface area contributed by atoms with Crippen LogP contribution in [0.5, 0.6) is 11.5 Å². The second-order valence-electron chi connectivity index (χ2n) is 4.50. The molecule has 102 valence electrons. The average Bonchev–Trinajstić information content (AvgIpc) is 2.43. The first kappa shape index (κ1) is 14.0. The Morgan fingerprint density at radius 2 is 1.63 bits per heavy atom. The number of benzene rings is 2. The Labute approximate surface area is 119 Å². The number of ether oxygens (including phenoxy) is 2. The molecule has 0 atom stereocenters. The third kappa shape index (κ3) is 3.32. The van der Waals surface area contributed by atoms with Gasteiger partial charge in [-0.15, -0.1) is 11.6 Å². The molecule has 0 heterocycles. The third-order valence-corrected chi connectivity index (χ3v) is 3.04. The van der Waals surface area contributed by atoms with E-state index < -0.39 is 0 Å². The smallest absolute Gasteiger partial charge is 0.127 e. The molecule has 2 nitrogen and oxygen atoms in total. The zero-order valence-corrected chi connectivity index (χ0v) is 12.2. The van der Waals surface area contributed by atoms with Crippen LogP contribution in [0.15, 0.2) is 30.3 Å². The van der Waals surface area contributed by atoms with Crippen molar-refractivity contribution in [1.82, 2.24) is 0 Å². The summed E-state index contributed by atoms with van der Waals surface area (Å²) in [5, 5.41) is 2.17. The fourth-order valence-corrected chi connectivity index (χ4v) is 2.10. The van der Waals surface area contributed by atoms with Crippen molar-refractivity contribution in [2.75, 3.05) is 19.1 Å². The summed E-state index contributed by atoms with van der Waals surface area (Å²) in [5.74, 6) is 2.26. The van der Waals surface area contributed by atoms with Gasteiger partial charge < -0.3 is 9.47 Å². The average molecular weight is 279 g/mol. The molecular weight excluding hydrogens is 260 g/mol. The van der Waals surface area contributed by atoms with Crippen LogP contribution in [0.25, 0.3) is 10.8 Å². The van der Waals surface area contributed by atoms with Gasteiger partial charge in [0.2, 0.25) is 0 Å². The number of aryl methyl sites for hydroxylation is 1. The van der Waals surface area contributed by atoms with Gasteiger partial charge in [0.1, 0.15) is 18.1 Å². The van der Waals surface area contributed by atoms with Gasteiger partial charge in [0.15, 0.2) is 0 Å². The maximum Gasteiger partial charge on any atom is 0.127 e. The Morgan fingerprint density at radius 3 is 2.32 bits per heavy atom. The summed E-state index contributed by atoms with van der Waals surface area (Å²) in [6, 6.07) is 10.2. The molecule has 19 heavy (non-hydrogen) atoms. The molecule has 0 aliphatic heterocycles. The van der Waals surface area contributed by atoms with E-state index in [9.17, 15) is 0 Å². The minimum absolute atomic E-state index is 0.487. The summed E-state index contributed by atoms with van der Waals surface area (Å²) in [6.07, 6.45) is 0.998. The van der Waals surface area contributed by atoms with Crippen molar-refractivity contribution in [3.05, 3.63) is 35.9 Å². The number of rotatable bonds is 6. The highest BCUT2D eigenvalue weighted by atomic mass is 35.5. The van der Waals surface area contributed by atoms with Gasteiger partial charge in [-0.2, -0.15) is 0 Å². The van der Waals surface area contributed by atoms with Crippen molar-refractivity contribution in [2.24, 2.45) is 0 Å². The lowest BCUT2D eigenvalue weighted by atomic mass is 10.1. The van der Waals surface area contributed by atoms with Crippen LogP contribution in [0.4, 0.5) is 0 Å². The molecular formula is C16H19ClO2. The van der Waals surface area contributed by atoms with E-state index >= 15 is 0 Å². The molecule has 0 N–H and O–H groups in total. The number of fused-ring (bicyclic) bond motifs is 1. The van der Waals surface area contributed by atoms with Crippen LogP contribution in [0.3, 0.4) is 0 Å². The van der Waals surface area contributed by atoms with E-state index in [4.69, 9.17) is 21.1 Å². The van der Waals surface area contributed by atoms with Gasteiger partial charge in [-0.1, -0.05) is 24.6 Å². The standard InChI is InChI=1S/C16H19ClO2/c1-3-9-18-15-6-7-16(19-10-8-17)14-11-12(2)4-5-13(14)15/h4-7,11H,3,8-10H2,1-2H3. The fraction of sp³-hybridized carbons (Fsp3) is 0.375. The van der Waals surface area contributed by atoms with E-state index in [1.54, 1.807) is 0 Å². The van der Waals surface area contributed by atoms with Crippen molar-refractivity contribution in [3.63, 3.8) is 0 Å². The minimum Gasteiger partial charge on any atom is -0.493 e. The zero-order valence-electron chi connectivity index (χ0n) is 11.4. The predicted octanol–water partition coefficient (Wildman–Crippen LogP) is 4.55. The summed E-state index contributed by atoms with van der Waals surface area (Å²) >= 11 is 5.68. The molecule has 0 saturated heterocycles. The molecule has 0 aromatic heterocycles. The monoisotopic (exact) mass is 278 g/mol. The van der Waals surface area contributed by atoms with Crippen LogP contribution in [-0.4, -0.2) is 19.1 Å². The van der Waals surface area contributed by atoms with Crippen LogP contribution in [0, 0.1) is 6.92 Å². The van der Waals surface area contributed by atoms with Crippen LogP contribution in [0.2, 0.25) is 0 Å². The molecule has 0 bridgehead atoms. The van der Waals surface area contributed by atoms with Crippen LogP contribution >= 0.6 is 11.6 Å². The molecule has 2 aromatic carbocycles. The van der Waals surface area contributed by atoms with Crippen LogP contribution in [0.1, 0.15) is 18.9 Å². The highest BCUT2D eigenvalue weighted by molar-refractivity contribution is 6.18. The van der Waals surface area contributed by atoms with Gasteiger partial charge in [0.25, 0.3) is 0 Å². The van der Waals surface area contributed by atoms with Crippen molar-refractivity contribution < 1.29 is 9.47 Å². The largest absolute Gasteiger partial charge is 0.493 e. The Bertz CT molecular complexity index is 552. The van der Waals surface area contributed by atoms with Crippen LogP contribution in [-0.2, 0) is 0 Å². The van der Waals surface area contributed by atoms with Gasteiger partial charge in [-0.3, -0.25) is 0 Å². The lowest BCUT2D eigenvalue weighted by Gasteiger charge is -2.13. The Kier molecular flexibility index (Phi) is 4.92. The molecule has 0 aliphatic rings. The van der Waals surface area contributed by atoms with Gasteiger partial charge in [-0.05, 0) is 31.5 Å². The summed E-state index contributed by atoms with van der Waals surface area (Å²) in [4.78, 5) is 0. The van der Waals surface area contributed by atoms with Crippen molar-refractivity contribution in [3.8, 4) is 11.5 Å². The lowest BCUT2D eigenvalue weighted by Crippen LogP contribution is -2.00. The van der Waals surface area contributed by atoms with Gasteiger partial charge in [0.05, 0.1) is 12.5 Å². The summed E-state index contributed by atoms with van der Waals surface area (Å²) < 4.78 is 11.5. The predicted molar refractivity (Wildman–Crippen MR) is 80.7 cm³/mol. The molecule has 0 amide bonds. The van der Waals surface area contributed by atoms with Gasteiger partial charge >= 0.3 is 0 Å². The molecule has 0 unspecified atom stereocenters. The molecule has 3 heteroatoms. The second kappa shape index (κ2) is 6.67. The quantitative estimate of drug-likeness (QED) is 0.722. The topological polar surface area (TPSA) is 18.5 Å². The Morgan fingerprint density at radius 1 is 0.947 bits per heavy atom. The first-order chi connectivity index (χ1) is 9.26. The number of hydrogen-bond donors (Lipinski definition) is 0. The third-order valence-electron chi connectivity index (χ3n) is 2.89. The highest BCUT2D eigenvalue weighted by Crippen LogP contribution is 2.34. The van der Waals surface area contributed by atoms with E-state index in [1.165, 1.54) is 5.56 Å². The van der Waals surface area contributed by atoms with E-state index in [2.05, 4.69) is 32.0 Å². The van der Waals surface area contributed by atoms with Gasteiger partial charge in [-0.25, -0.2) is 0 Å². The minimum atomic E-state index is 0.487. The highest BCUT2D eigenvalue weighted by Gasteiger charge is 2.08. The maximum absolute atomic E-state index is 5.79. The first-order valence-electron chi connectivity index (χ1n) is 6.61. The molecule has 0 aliphatic carbocycles. The maximum atomic E-state index is 5.79. The summed E-state index contributed by atoms with van der Waals surface area (Å²) in [6.45, 7) is 5.42. The summed E-state index contributed by atoms with van der Waals surface area (Å²) in [7, 11) is 0. The fourth-order valence-electron chi connectivity index (χ4n) is 2.02. The van der Waals surface area contributed by atoms with E-state index in [-0.39, 0.29) is 0 Å². The Balaban J connectivity index is 2.45. The molecule has 0 spiro atoms. The lowest BCUT2D eigenvalue weighted by molar-refractivity contribution is 0.319. The normalized spacial score (nSPS) is 10.7. The number of alkyl halides is 1. The Hall–Kier alpha value is -1.41. The van der Waals surface area contributed by atoms with Crippen LogP contribution < -0.4 is 9.47 Å². The number of halogens is 1. The molecule has 0 radical (unpaired) electrons. The van der Waals surface area contributed by atoms with E-state index in [0.717, 1.165) is 35.3 Å². The molecule has 2 aromatic rings. The van der Waals surface area contributed by atoms with Crippen molar-refractivity contribution in [1.29, 1.82) is 0 Å².